The van der Waals surface area contributed by atoms with Crippen LogP contribution in [0.3, 0.4) is 0 Å². The Hall–Kier alpha value is -1.25. The van der Waals surface area contributed by atoms with Crippen molar-refractivity contribution in [2.45, 2.75) is 42.0 Å². The van der Waals surface area contributed by atoms with Crippen molar-refractivity contribution in [3.05, 3.63) is 40.3 Å². The van der Waals surface area contributed by atoms with E-state index >= 15 is 0 Å². The summed E-state index contributed by atoms with van der Waals surface area (Å²) in [6.07, 6.45) is -4.47. The zero-order valence-corrected chi connectivity index (χ0v) is 15.8. The fraction of sp³-hybridized carbons (Fsp3) is 0.375. The fourth-order valence-electron chi connectivity index (χ4n) is 1.88. The van der Waals surface area contributed by atoms with Crippen molar-refractivity contribution in [2.24, 2.45) is 0 Å². The van der Waals surface area contributed by atoms with Crippen LogP contribution in [-0.2, 0) is 11.2 Å². The van der Waals surface area contributed by atoms with E-state index < -0.39 is 10.9 Å². The Labute approximate surface area is 157 Å². The zero-order valence-electron chi connectivity index (χ0n) is 13.4. The first kappa shape index (κ1) is 20.1. The predicted molar refractivity (Wildman–Crippen MR) is 96.5 cm³/mol. The largest absolute Gasteiger partial charge is 0.414 e. The average molecular weight is 409 g/mol. The highest BCUT2D eigenvalue weighted by atomic mass is 35.5. The number of thiazole rings is 1. The lowest BCUT2D eigenvalue weighted by Gasteiger charge is -2.15. The lowest BCUT2D eigenvalue weighted by molar-refractivity contribution is -0.115. The van der Waals surface area contributed by atoms with Crippen molar-refractivity contribution in [1.82, 2.24) is 4.98 Å². The minimum atomic E-state index is -4.53. The minimum absolute atomic E-state index is 0.0613. The van der Waals surface area contributed by atoms with Crippen molar-refractivity contribution < 1.29 is 18.0 Å². The molecule has 1 N–H and O–H groups in total. The molecule has 0 aliphatic heterocycles. The molecule has 0 spiro atoms. The molecule has 25 heavy (non-hydrogen) atoms. The second kappa shape index (κ2) is 8.42. The number of rotatable bonds is 6. The monoisotopic (exact) mass is 408 g/mol. The van der Waals surface area contributed by atoms with Crippen LogP contribution in [0.4, 0.5) is 18.9 Å². The summed E-state index contributed by atoms with van der Waals surface area (Å²) in [6.45, 7) is 4.03. The Morgan fingerprint density at radius 1 is 1.36 bits per heavy atom. The number of hydrogen-bond acceptors (Lipinski definition) is 4. The van der Waals surface area contributed by atoms with Crippen LogP contribution in [0, 0.1) is 0 Å². The van der Waals surface area contributed by atoms with Gasteiger partial charge >= 0.3 is 6.18 Å². The van der Waals surface area contributed by atoms with Crippen molar-refractivity contribution >= 4 is 46.3 Å². The van der Waals surface area contributed by atoms with Gasteiger partial charge in [-0.15, -0.1) is 22.9 Å². The molecule has 1 atom stereocenters. The summed E-state index contributed by atoms with van der Waals surface area (Å²) in [5.41, 5.74) is 0.938. The van der Waals surface area contributed by atoms with Gasteiger partial charge in [-0.1, -0.05) is 37.7 Å². The molecular weight excluding hydrogens is 393 g/mol. The van der Waals surface area contributed by atoms with Gasteiger partial charge in [-0.3, -0.25) is 4.79 Å². The van der Waals surface area contributed by atoms with Gasteiger partial charge in [-0.25, -0.2) is 4.98 Å². The molecule has 0 aliphatic rings. The first-order valence-electron chi connectivity index (χ1n) is 7.37. The Morgan fingerprint density at radius 3 is 2.64 bits per heavy atom. The van der Waals surface area contributed by atoms with Crippen LogP contribution in [0.2, 0.25) is 0 Å². The van der Waals surface area contributed by atoms with E-state index in [1.54, 1.807) is 18.2 Å². The molecule has 0 saturated heterocycles. The van der Waals surface area contributed by atoms with Gasteiger partial charge < -0.3 is 5.32 Å². The standard InChI is InChI=1S/C16H16ClF3N2OS2/c1-9(2)14-21-10(8-24-14)7-13(23)22-11-5-3-4-6-12(11)25-15(17)16(18,19)20/h3-6,8-9,15H,7H2,1-2H3,(H,22,23). The maximum Gasteiger partial charge on any atom is 0.414 e. The Kier molecular flexibility index (Phi) is 6.76. The molecule has 1 aromatic heterocycles. The summed E-state index contributed by atoms with van der Waals surface area (Å²) in [4.78, 5) is 16.8. The summed E-state index contributed by atoms with van der Waals surface area (Å²) in [7, 11) is 0. The summed E-state index contributed by atoms with van der Waals surface area (Å²) in [5.74, 6) is -0.0613. The van der Waals surface area contributed by atoms with E-state index in [1.165, 1.54) is 17.4 Å². The molecule has 0 aliphatic carbocycles. The molecule has 0 saturated carbocycles. The van der Waals surface area contributed by atoms with Gasteiger partial charge in [0.05, 0.1) is 22.8 Å². The number of benzene rings is 1. The third-order valence-electron chi connectivity index (χ3n) is 3.05. The predicted octanol–water partition coefficient (Wildman–Crippen LogP) is 5.67. The number of alkyl halides is 4. The van der Waals surface area contributed by atoms with E-state index in [0.717, 1.165) is 5.01 Å². The number of nitrogens with zero attached hydrogens (tertiary/aromatic N) is 1. The molecule has 0 fully saturated rings. The van der Waals surface area contributed by atoms with Gasteiger partial charge in [0.1, 0.15) is 0 Å². The number of amides is 1. The van der Waals surface area contributed by atoms with Gasteiger partial charge in [0.15, 0.2) is 4.71 Å². The van der Waals surface area contributed by atoms with Crippen LogP contribution >= 0.6 is 34.7 Å². The summed E-state index contributed by atoms with van der Waals surface area (Å²) in [6, 6.07) is 6.26. The second-order valence-electron chi connectivity index (χ2n) is 5.53. The molecule has 3 nitrogen and oxygen atoms in total. The third kappa shape index (κ3) is 5.90. The molecule has 0 radical (unpaired) electrons. The number of carbonyl (C=O) groups excluding carboxylic acids is 1. The average Bonchev–Trinajstić information content (AvgIpc) is 2.96. The Morgan fingerprint density at radius 2 is 2.04 bits per heavy atom. The third-order valence-corrected chi connectivity index (χ3v) is 5.85. The summed E-state index contributed by atoms with van der Waals surface area (Å²) < 4.78 is 35.8. The van der Waals surface area contributed by atoms with E-state index in [1.807, 2.05) is 19.2 Å². The highest BCUT2D eigenvalue weighted by Crippen LogP contribution is 2.40. The second-order valence-corrected chi connectivity index (χ2v) is 8.26. The molecule has 1 unspecified atom stereocenters. The number of para-hydroxylation sites is 1. The van der Waals surface area contributed by atoms with Gasteiger partial charge in [0, 0.05) is 16.2 Å². The van der Waals surface area contributed by atoms with Crippen molar-refractivity contribution in [3.8, 4) is 0 Å². The lowest BCUT2D eigenvalue weighted by atomic mass is 10.2. The first-order valence-corrected chi connectivity index (χ1v) is 9.57. The van der Waals surface area contributed by atoms with E-state index in [4.69, 9.17) is 11.6 Å². The Balaban J connectivity index is 2.05. The van der Waals surface area contributed by atoms with Crippen LogP contribution in [0.1, 0.15) is 30.5 Å². The smallest absolute Gasteiger partial charge is 0.325 e. The van der Waals surface area contributed by atoms with Gasteiger partial charge in [-0.2, -0.15) is 13.2 Å². The van der Waals surface area contributed by atoms with Crippen molar-refractivity contribution in [3.63, 3.8) is 0 Å². The number of nitrogens with one attached hydrogen (secondary N) is 1. The highest BCUT2D eigenvalue weighted by molar-refractivity contribution is 8.01. The molecule has 1 aromatic carbocycles. The van der Waals surface area contributed by atoms with E-state index in [-0.39, 0.29) is 23.1 Å². The van der Waals surface area contributed by atoms with Crippen molar-refractivity contribution in [1.29, 1.82) is 0 Å². The van der Waals surface area contributed by atoms with Gasteiger partial charge in [-0.05, 0) is 12.1 Å². The summed E-state index contributed by atoms with van der Waals surface area (Å²) in [5, 5.41) is 5.39. The lowest BCUT2D eigenvalue weighted by Crippen LogP contribution is -2.20. The van der Waals surface area contributed by atoms with Crippen LogP contribution < -0.4 is 5.32 Å². The van der Waals surface area contributed by atoms with Crippen LogP contribution in [-0.4, -0.2) is 21.8 Å². The van der Waals surface area contributed by atoms with Gasteiger partial charge in [0.25, 0.3) is 0 Å². The van der Waals surface area contributed by atoms with Crippen LogP contribution in [0.5, 0.6) is 0 Å². The van der Waals surface area contributed by atoms with Crippen LogP contribution in [0.15, 0.2) is 34.5 Å². The van der Waals surface area contributed by atoms with Gasteiger partial charge in [0.2, 0.25) is 5.91 Å². The highest BCUT2D eigenvalue weighted by Gasteiger charge is 2.39. The van der Waals surface area contributed by atoms with Crippen LogP contribution in [0.25, 0.3) is 0 Å². The number of halogens is 4. The fourth-order valence-corrected chi connectivity index (χ4v) is 3.76. The van der Waals surface area contributed by atoms with E-state index in [2.05, 4.69) is 10.3 Å². The molecule has 1 amide bonds. The first-order chi connectivity index (χ1) is 11.7. The maximum atomic E-state index is 12.6. The quantitative estimate of drug-likeness (QED) is 0.494. The van der Waals surface area contributed by atoms with Crippen molar-refractivity contribution in [2.75, 3.05) is 5.32 Å². The SMILES string of the molecule is CC(C)c1nc(CC(=O)Nc2ccccc2SC(Cl)C(F)(F)F)cs1. The number of anilines is 1. The number of thioether (sulfide) groups is 1. The molecule has 1 heterocycles. The normalized spacial score (nSPS) is 13.1. The Bertz CT molecular complexity index is 734. The zero-order chi connectivity index (χ0) is 18.6. The minimum Gasteiger partial charge on any atom is -0.325 e. The number of carbonyl (C=O) groups is 1. The number of aromatic nitrogens is 1. The topological polar surface area (TPSA) is 42.0 Å². The van der Waals surface area contributed by atoms with E-state index in [0.29, 0.717) is 23.1 Å². The summed E-state index contributed by atoms with van der Waals surface area (Å²) >= 11 is 7.31. The maximum absolute atomic E-state index is 12.6. The molecule has 136 valence electrons. The van der Waals surface area contributed by atoms with E-state index in [9.17, 15) is 18.0 Å². The molecule has 9 heteroatoms. The molecule has 0 bridgehead atoms. The molecular formula is C16H16ClF3N2OS2. The number of hydrogen-bond donors (Lipinski definition) is 1. The molecule has 2 aromatic rings. The molecule has 2 rings (SSSR count).